The van der Waals surface area contributed by atoms with Crippen molar-refractivity contribution in [3.05, 3.63) is 40.3 Å². The largest absolute Gasteiger partial charge is 0.394 e. The number of aryl methyl sites for hydroxylation is 1. The zero-order chi connectivity index (χ0) is 15.4. The van der Waals surface area contributed by atoms with E-state index in [-0.39, 0.29) is 0 Å². The average molecular weight is 311 g/mol. The minimum absolute atomic E-state index is 0.424. The number of hydrogen-bond donors (Lipinski definition) is 3. The van der Waals surface area contributed by atoms with Gasteiger partial charge in [0.15, 0.2) is 0 Å². The summed E-state index contributed by atoms with van der Waals surface area (Å²) in [7, 11) is 0. The molecule has 1 aliphatic heterocycles. The number of aliphatic hydroxyl groups excluding tert-OH is 3. The summed E-state index contributed by atoms with van der Waals surface area (Å²) in [5.41, 5.74) is 9.05. The number of rotatable bonds is 4. The molecule has 0 aromatic heterocycles. The Bertz CT molecular complexity index is 521. The third-order valence-corrected chi connectivity index (χ3v) is 4.47. The van der Waals surface area contributed by atoms with E-state index in [0.29, 0.717) is 0 Å². The number of ether oxygens (including phenoxy) is 1. The topological polar surface area (TPSA) is 119 Å². The lowest BCUT2D eigenvalue weighted by atomic mass is 9.99. The van der Waals surface area contributed by atoms with Gasteiger partial charge in [0.1, 0.15) is 23.7 Å². The minimum atomic E-state index is -1.29. The number of hydrogen-bond acceptors (Lipinski definition) is 6. The van der Waals surface area contributed by atoms with Crippen LogP contribution in [-0.4, -0.2) is 51.7 Å². The zero-order valence-electron chi connectivity index (χ0n) is 11.4. The number of aliphatic hydroxyl groups is 3. The van der Waals surface area contributed by atoms with Gasteiger partial charge < -0.3 is 20.1 Å². The van der Waals surface area contributed by atoms with Gasteiger partial charge in [-0.25, -0.2) is 0 Å². The SMILES string of the molecule is Cc1ccc(S[C@@H]2O[C@H](CO)[C@@H](O)[C@H](O)[C@@H]2N=[N+]=[N-])cc1. The maximum absolute atomic E-state index is 10.0. The van der Waals surface area contributed by atoms with Gasteiger partial charge in [-0.2, -0.15) is 0 Å². The molecular weight excluding hydrogens is 294 g/mol. The van der Waals surface area contributed by atoms with E-state index in [2.05, 4.69) is 10.0 Å². The third-order valence-electron chi connectivity index (χ3n) is 3.31. The smallest absolute Gasteiger partial charge is 0.119 e. The summed E-state index contributed by atoms with van der Waals surface area (Å²) in [6.45, 7) is 1.54. The van der Waals surface area contributed by atoms with Gasteiger partial charge in [-0.05, 0) is 24.6 Å². The first-order chi connectivity index (χ1) is 10.1. The molecule has 21 heavy (non-hydrogen) atoms. The summed E-state index contributed by atoms with van der Waals surface area (Å²) < 4.78 is 5.56. The molecule has 8 heteroatoms. The Hall–Kier alpha value is -1.28. The molecule has 1 fully saturated rings. The monoisotopic (exact) mass is 311 g/mol. The predicted molar refractivity (Wildman–Crippen MR) is 77.7 cm³/mol. The standard InChI is InChI=1S/C13H17N3O4S/c1-7-2-4-8(5-3-7)21-13-10(15-16-14)12(19)11(18)9(6-17)20-13/h2-5,9-13,17-19H,6H2,1H3/t9-,10+,11-,12-,13+/m1/s1. The molecule has 1 aromatic carbocycles. The van der Waals surface area contributed by atoms with Gasteiger partial charge in [0.2, 0.25) is 0 Å². The van der Waals surface area contributed by atoms with E-state index in [4.69, 9.17) is 10.3 Å². The van der Waals surface area contributed by atoms with Crippen molar-refractivity contribution in [3.8, 4) is 0 Å². The van der Waals surface area contributed by atoms with Gasteiger partial charge in [-0.1, -0.05) is 34.6 Å². The highest BCUT2D eigenvalue weighted by atomic mass is 32.2. The van der Waals surface area contributed by atoms with E-state index in [1.807, 2.05) is 31.2 Å². The summed E-state index contributed by atoms with van der Waals surface area (Å²) in [6.07, 6.45) is -3.48. The maximum Gasteiger partial charge on any atom is 0.119 e. The van der Waals surface area contributed by atoms with Gasteiger partial charge in [0, 0.05) is 9.81 Å². The Labute approximate surface area is 126 Å². The summed E-state index contributed by atoms with van der Waals surface area (Å²) >= 11 is 1.28. The summed E-state index contributed by atoms with van der Waals surface area (Å²) in [5, 5.41) is 32.6. The molecule has 0 unspecified atom stereocenters. The Balaban J connectivity index is 2.20. The third kappa shape index (κ3) is 3.68. The van der Waals surface area contributed by atoms with E-state index in [1.54, 1.807) is 0 Å². The number of benzene rings is 1. The molecule has 0 radical (unpaired) electrons. The second-order valence-electron chi connectivity index (χ2n) is 4.83. The molecule has 3 N–H and O–H groups in total. The predicted octanol–water partition coefficient (Wildman–Crippen LogP) is 1.21. The van der Waals surface area contributed by atoms with Crippen molar-refractivity contribution in [2.45, 2.75) is 41.6 Å². The van der Waals surface area contributed by atoms with Crippen LogP contribution in [0.3, 0.4) is 0 Å². The van der Waals surface area contributed by atoms with Crippen LogP contribution in [0.1, 0.15) is 5.56 Å². The van der Waals surface area contributed by atoms with E-state index >= 15 is 0 Å². The van der Waals surface area contributed by atoms with E-state index < -0.39 is 36.4 Å². The van der Waals surface area contributed by atoms with Crippen LogP contribution >= 0.6 is 11.8 Å². The van der Waals surface area contributed by atoms with Crippen molar-refractivity contribution in [2.24, 2.45) is 5.11 Å². The molecule has 2 rings (SSSR count). The molecule has 1 heterocycles. The molecule has 1 saturated heterocycles. The van der Waals surface area contributed by atoms with Crippen LogP contribution in [0.4, 0.5) is 0 Å². The van der Waals surface area contributed by atoms with Crippen molar-refractivity contribution >= 4 is 11.8 Å². The highest BCUT2D eigenvalue weighted by Crippen LogP contribution is 2.35. The van der Waals surface area contributed by atoms with Crippen molar-refractivity contribution in [1.82, 2.24) is 0 Å². The number of nitrogens with zero attached hydrogens (tertiary/aromatic N) is 3. The van der Waals surface area contributed by atoms with Gasteiger partial charge >= 0.3 is 0 Å². The number of azide groups is 1. The molecule has 114 valence electrons. The molecule has 0 saturated carbocycles. The highest BCUT2D eigenvalue weighted by Gasteiger charge is 2.44. The van der Waals surface area contributed by atoms with Crippen LogP contribution in [0.5, 0.6) is 0 Å². The Morgan fingerprint density at radius 2 is 1.95 bits per heavy atom. The molecule has 1 aliphatic rings. The molecule has 0 amide bonds. The summed E-state index contributed by atoms with van der Waals surface area (Å²) in [5.74, 6) is 0. The lowest BCUT2D eigenvalue weighted by molar-refractivity contribution is -0.165. The fourth-order valence-corrected chi connectivity index (χ4v) is 3.21. The molecule has 5 atom stereocenters. The van der Waals surface area contributed by atoms with Gasteiger partial charge in [-0.15, -0.1) is 0 Å². The first-order valence-corrected chi connectivity index (χ1v) is 7.34. The molecule has 0 bridgehead atoms. The van der Waals surface area contributed by atoms with E-state index in [0.717, 1.165) is 10.5 Å². The van der Waals surface area contributed by atoms with Gasteiger partial charge in [0.25, 0.3) is 0 Å². The quantitative estimate of drug-likeness (QED) is 0.438. The second kappa shape index (κ2) is 7.13. The normalized spacial score (nSPS) is 32.5. The first-order valence-electron chi connectivity index (χ1n) is 6.47. The van der Waals surface area contributed by atoms with E-state index in [9.17, 15) is 15.3 Å². The molecule has 0 aliphatic carbocycles. The number of thioether (sulfide) groups is 1. The first kappa shape index (κ1) is 16.1. The fourth-order valence-electron chi connectivity index (χ4n) is 2.10. The molecule has 7 nitrogen and oxygen atoms in total. The van der Waals surface area contributed by atoms with Crippen molar-refractivity contribution < 1.29 is 20.1 Å². The lowest BCUT2D eigenvalue weighted by Gasteiger charge is -2.40. The van der Waals surface area contributed by atoms with Crippen molar-refractivity contribution in [3.63, 3.8) is 0 Å². The molecular formula is C13H17N3O4S. The summed E-state index contributed by atoms with van der Waals surface area (Å²) in [6, 6.07) is 6.72. The Morgan fingerprint density at radius 1 is 1.29 bits per heavy atom. The van der Waals surface area contributed by atoms with Crippen LogP contribution in [0.2, 0.25) is 0 Å². The van der Waals surface area contributed by atoms with Gasteiger partial charge in [-0.3, -0.25) is 0 Å². The summed E-state index contributed by atoms with van der Waals surface area (Å²) in [4.78, 5) is 3.58. The van der Waals surface area contributed by atoms with Crippen molar-refractivity contribution in [2.75, 3.05) is 6.61 Å². The Morgan fingerprint density at radius 3 is 2.52 bits per heavy atom. The Kier molecular flexibility index (Phi) is 5.46. The van der Waals surface area contributed by atoms with Crippen LogP contribution in [-0.2, 0) is 4.74 Å². The average Bonchev–Trinajstić information content (AvgIpc) is 2.49. The van der Waals surface area contributed by atoms with Crippen LogP contribution in [0, 0.1) is 6.92 Å². The molecule has 0 spiro atoms. The van der Waals surface area contributed by atoms with Crippen molar-refractivity contribution in [1.29, 1.82) is 0 Å². The highest BCUT2D eigenvalue weighted by molar-refractivity contribution is 7.99. The maximum atomic E-state index is 10.0. The fraction of sp³-hybridized carbons (Fsp3) is 0.538. The van der Waals surface area contributed by atoms with Crippen LogP contribution in [0.25, 0.3) is 10.4 Å². The van der Waals surface area contributed by atoms with Gasteiger partial charge in [0.05, 0.1) is 12.7 Å². The lowest BCUT2D eigenvalue weighted by Crippen LogP contribution is -2.56. The zero-order valence-corrected chi connectivity index (χ0v) is 12.2. The minimum Gasteiger partial charge on any atom is -0.394 e. The second-order valence-corrected chi connectivity index (χ2v) is 6.00. The van der Waals surface area contributed by atoms with Crippen LogP contribution < -0.4 is 0 Å². The molecule has 1 aromatic rings. The van der Waals surface area contributed by atoms with Crippen LogP contribution in [0.15, 0.2) is 34.3 Å². The van der Waals surface area contributed by atoms with E-state index in [1.165, 1.54) is 11.8 Å².